The van der Waals surface area contributed by atoms with E-state index >= 15 is 0 Å². The van der Waals surface area contributed by atoms with Gasteiger partial charge in [0.2, 0.25) is 0 Å². The lowest BCUT2D eigenvalue weighted by atomic mass is 9.83. The quantitative estimate of drug-likeness (QED) is 0.0811. The van der Waals surface area contributed by atoms with E-state index in [1.165, 1.54) is 0 Å². The molecule has 1 aliphatic carbocycles. The van der Waals surface area contributed by atoms with E-state index < -0.39 is 137 Å². The first-order valence-corrected chi connectivity index (χ1v) is 18.9. The fraction of sp³-hybridized carbons (Fsp3) is 1.00. The van der Waals surface area contributed by atoms with Gasteiger partial charge in [0.15, 0.2) is 12.4 Å². The van der Waals surface area contributed by atoms with E-state index in [9.17, 15) is 50.5 Å². The maximum atomic E-state index is 11.5. The van der Waals surface area contributed by atoms with Gasteiger partial charge < -0.3 is 9.47 Å². The van der Waals surface area contributed by atoms with E-state index in [1.54, 1.807) is 0 Å². The van der Waals surface area contributed by atoms with Crippen molar-refractivity contribution in [2.24, 2.45) is 5.92 Å². The summed E-state index contributed by atoms with van der Waals surface area (Å²) < 4.78 is 225. The van der Waals surface area contributed by atoms with Crippen LogP contribution in [-0.4, -0.2) is 134 Å². The van der Waals surface area contributed by atoms with Crippen LogP contribution < -0.4 is 0 Å². The zero-order valence-corrected chi connectivity index (χ0v) is 25.6. The van der Waals surface area contributed by atoms with Gasteiger partial charge in [0, 0.05) is 12.3 Å². The molecule has 0 radical (unpaired) electrons. The van der Waals surface area contributed by atoms with Crippen LogP contribution in [0.1, 0.15) is 12.8 Å². The third-order valence-corrected chi connectivity index (χ3v) is 8.00. The smallest absolute Gasteiger partial charge is 0.346 e. The standard InChI is InChI=1S/C12H22O26S6/c13-39(14,15)31-3-5-1-6(2-7(35-41(19,20)21)9(5)36-42(22,23)24)33-12-11(38-44(28,29)30)10(37-43(25,26)27)8(34-12)4-32-40(16,17)18/h5-12H,1-4H2,(H,13,14,15)(H,16,17,18)(H,19,20,21)(H,22,23,24)(H,25,26,27)(H,28,29,30)/t5-,6?,7-,8-,9-,10?,11+,12-/m1/s1. The Morgan fingerprint density at radius 2 is 0.955 bits per heavy atom. The number of rotatable bonds is 16. The molecule has 2 rings (SSSR count). The molecule has 1 saturated heterocycles. The molecule has 8 atom stereocenters. The molecule has 0 aromatic rings. The second kappa shape index (κ2) is 14.1. The zero-order valence-electron chi connectivity index (χ0n) is 20.7. The molecule has 0 spiro atoms. The summed E-state index contributed by atoms with van der Waals surface area (Å²) in [6.07, 6.45) is -17.6. The number of ether oxygens (including phenoxy) is 2. The Morgan fingerprint density at radius 3 is 1.41 bits per heavy atom. The summed E-state index contributed by atoms with van der Waals surface area (Å²) in [6.45, 7) is -2.71. The molecule has 2 aliphatic rings. The molecule has 0 bridgehead atoms. The van der Waals surface area contributed by atoms with Crippen LogP contribution in [0.15, 0.2) is 0 Å². The van der Waals surface area contributed by atoms with Crippen molar-refractivity contribution in [3.8, 4) is 0 Å². The fourth-order valence-electron chi connectivity index (χ4n) is 4.02. The van der Waals surface area contributed by atoms with Crippen molar-refractivity contribution in [3.63, 3.8) is 0 Å². The van der Waals surface area contributed by atoms with E-state index in [1.807, 2.05) is 0 Å². The van der Waals surface area contributed by atoms with Crippen molar-refractivity contribution in [1.82, 2.24) is 0 Å². The second-order valence-corrected chi connectivity index (χ2v) is 14.9. The highest BCUT2D eigenvalue weighted by molar-refractivity contribution is 7.82. The minimum absolute atomic E-state index is 0.796. The highest BCUT2D eigenvalue weighted by Gasteiger charge is 2.54. The van der Waals surface area contributed by atoms with Crippen molar-refractivity contribution < 1.29 is 112 Å². The Kier molecular flexibility index (Phi) is 12.6. The van der Waals surface area contributed by atoms with Crippen LogP contribution >= 0.6 is 0 Å². The van der Waals surface area contributed by atoms with Gasteiger partial charge in [-0.1, -0.05) is 0 Å². The normalized spacial score (nSPS) is 31.2. The maximum Gasteiger partial charge on any atom is 0.397 e. The van der Waals surface area contributed by atoms with Gasteiger partial charge in [0.05, 0.1) is 19.3 Å². The summed E-state index contributed by atoms with van der Waals surface area (Å²) in [7, 11) is -32.9. The van der Waals surface area contributed by atoms with Crippen LogP contribution in [0.5, 0.6) is 0 Å². The molecule has 1 heterocycles. The summed E-state index contributed by atoms with van der Waals surface area (Å²) in [6, 6.07) is 0. The molecule has 0 amide bonds. The molecule has 2 fully saturated rings. The third-order valence-electron chi connectivity index (χ3n) is 5.24. The highest BCUT2D eigenvalue weighted by atomic mass is 32.3. The Balaban J connectivity index is 2.53. The highest BCUT2D eigenvalue weighted by Crippen LogP contribution is 2.37. The van der Waals surface area contributed by atoms with Gasteiger partial charge in [-0.2, -0.15) is 50.5 Å². The molecule has 1 aliphatic heterocycles. The molecular weight excluding hydrogens is 753 g/mol. The maximum absolute atomic E-state index is 11.5. The topological polar surface area (TPSA) is 400 Å². The largest absolute Gasteiger partial charge is 0.397 e. The van der Waals surface area contributed by atoms with Gasteiger partial charge in [0.1, 0.15) is 24.4 Å². The van der Waals surface area contributed by atoms with Crippen molar-refractivity contribution >= 4 is 62.4 Å². The second-order valence-electron chi connectivity index (χ2n) is 8.49. The van der Waals surface area contributed by atoms with Gasteiger partial charge >= 0.3 is 62.4 Å². The molecule has 0 aromatic heterocycles. The molecule has 32 heteroatoms. The van der Waals surface area contributed by atoms with Crippen LogP contribution in [0.3, 0.4) is 0 Å². The van der Waals surface area contributed by atoms with Gasteiger partial charge in [-0.25, -0.2) is 25.1 Å². The summed E-state index contributed by atoms with van der Waals surface area (Å²) >= 11 is 0. The van der Waals surface area contributed by atoms with E-state index in [4.69, 9.17) is 36.8 Å². The Labute approximate surface area is 249 Å². The van der Waals surface area contributed by atoms with Crippen molar-refractivity contribution in [1.29, 1.82) is 0 Å². The Bertz CT molecular complexity index is 1660. The first kappa shape index (κ1) is 39.3. The third kappa shape index (κ3) is 14.7. The van der Waals surface area contributed by atoms with Crippen LogP contribution in [0.4, 0.5) is 0 Å². The molecule has 44 heavy (non-hydrogen) atoms. The summed E-state index contributed by atoms with van der Waals surface area (Å²) in [5.41, 5.74) is 0. The number of hydrogen-bond acceptors (Lipinski definition) is 20. The minimum atomic E-state index is -5.63. The summed E-state index contributed by atoms with van der Waals surface area (Å²) in [5.74, 6) is -1.81. The fourth-order valence-corrected chi connectivity index (χ4v) is 6.73. The molecule has 1 saturated carbocycles. The Hall–Kier alpha value is -0.860. The first-order chi connectivity index (χ1) is 19.5. The summed E-state index contributed by atoms with van der Waals surface area (Å²) in [4.78, 5) is 0. The van der Waals surface area contributed by atoms with Gasteiger partial charge in [-0.3, -0.25) is 27.3 Å². The number of hydrogen-bond donors (Lipinski definition) is 6. The average Bonchev–Trinajstić information content (AvgIpc) is 3.03. The molecule has 6 N–H and O–H groups in total. The monoisotopic (exact) mass is 774 g/mol. The van der Waals surface area contributed by atoms with Crippen molar-refractivity contribution in [2.45, 2.75) is 55.8 Å². The van der Waals surface area contributed by atoms with Crippen LogP contribution in [0, 0.1) is 5.92 Å². The van der Waals surface area contributed by atoms with E-state index in [0.29, 0.717) is 0 Å². The SMILES string of the molecule is O=S(=O)(O)OC[C@H]1CC(O[C@@H]2O[C@H](COS(=O)(=O)O)C(OS(=O)(=O)O)[C@@H]2OS(=O)(=O)O)C[C@@H](OS(=O)(=O)O)[C@@H]1OS(=O)(=O)O. The van der Waals surface area contributed by atoms with E-state index in [-0.39, 0.29) is 0 Å². The van der Waals surface area contributed by atoms with Crippen molar-refractivity contribution in [2.75, 3.05) is 13.2 Å². The van der Waals surface area contributed by atoms with Crippen molar-refractivity contribution in [3.05, 3.63) is 0 Å². The molecule has 0 aromatic carbocycles. The van der Waals surface area contributed by atoms with Gasteiger partial charge in [-0.15, -0.1) is 0 Å². The average molecular weight is 775 g/mol. The predicted molar refractivity (Wildman–Crippen MR) is 127 cm³/mol. The lowest BCUT2D eigenvalue weighted by molar-refractivity contribution is -0.210. The summed E-state index contributed by atoms with van der Waals surface area (Å²) in [5, 5.41) is 0. The molecule has 262 valence electrons. The molecule has 26 nitrogen and oxygen atoms in total. The minimum Gasteiger partial charge on any atom is -0.346 e. The Morgan fingerprint density at radius 1 is 0.523 bits per heavy atom. The lowest BCUT2D eigenvalue weighted by Gasteiger charge is -2.39. The van der Waals surface area contributed by atoms with Crippen LogP contribution in [0.25, 0.3) is 0 Å². The van der Waals surface area contributed by atoms with E-state index in [0.717, 1.165) is 0 Å². The zero-order chi connectivity index (χ0) is 34.1. The lowest BCUT2D eigenvalue weighted by Crippen LogP contribution is -2.51. The predicted octanol–water partition coefficient (Wildman–Crippen LogP) is -4.10. The van der Waals surface area contributed by atoms with Gasteiger partial charge in [-0.05, 0) is 6.42 Å². The van der Waals surface area contributed by atoms with Crippen LogP contribution in [-0.2, 0) is 97.0 Å². The van der Waals surface area contributed by atoms with Gasteiger partial charge in [0.25, 0.3) is 0 Å². The molecular formula is C12H22O26S6. The first-order valence-electron chi connectivity index (χ1n) is 10.7. The van der Waals surface area contributed by atoms with Crippen LogP contribution in [0.2, 0.25) is 0 Å². The van der Waals surface area contributed by atoms with E-state index in [2.05, 4.69) is 25.1 Å². The molecule has 2 unspecified atom stereocenters.